The highest BCUT2D eigenvalue weighted by Gasteiger charge is 1.95. The van der Waals surface area contributed by atoms with Crippen LogP contribution < -0.4 is 0 Å². The van der Waals surface area contributed by atoms with Gasteiger partial charge in [-0.1, -0.05) is 50.7 Å². The van der Waals surface area contributed by atoms with Gasteiger partial charge in [0.15, 0.2) is 0 Å². The summed E-state index contributed by atoms with van der Waals surface area (Å²) in [4.78, 5) is 10.3. The molecule has 0 saturated carbocycles. The lowest BCUT2D eigenvalue weighted by Gasteiger charge is -1.99. The smallest absolute Gasteiger partial charge is 0.303 e. The Morgan fingerprint density at radius 1 is 0.810 bits per heavy atom. The molecule has 0 heterocycles. The third-order valence-electron chi connectivity index (χ3n) is 3.62. The van der Waals surface area contributed by atoms with E-state index in [0.29, 0.717) is 6.42 Å². The third kappa shape index (κ3) is 18.8. The molecule has 2 heteroatoms. The lowest BCUT2D eigenvalue weighted by atomic mass is 10.1. The first-order valence-electron chi connectivity index (χ1n) is 8.57. The number of carboxylic acids is 1. The van der Waals surface area contributed by atoms with Gasteiger partial charge >= 0.3 is 5.97 Å². The third-order valence-corrected chi connectivity index (χ3v) is 3.62. The van der Waals surface area contributed by atoms with Crippen LogP contribution in [-0.4, -0.2) is 11.1 Å². The second kappa shape index (κ2) is 16.8. The molecule has 0 aromatic rings. The van der Waals surface area contributed by atoms with Gasteiger partial charge in [0.1, 0.15) is 0 Å². The van der Waals surface area contributed by atoms with Crippen molar-refractivity contribution in [2.24, 2.45) is 0 Å². The normalized spacial score (nSPS) is 10.8. The van der Waals surface area contributed by atoms with Crippen LogP contribution in [0.2, 0.25) is 0 Å². The molecule has 0 fully saturated rings. The maximum absolute atomic E-state index is 10.3. The molecule has 0 rings (SSSR count). The number of hydrogen-bond acceptors (Lipinski definition) is 1. The summed E-state index contributed by atoms with van der Waals surface area (Å²) in [7, 11) is 0. The summed E-state index contributed by atoms with van der Waals surface area (Å²) in [5, 5.41) is 8.51. The average Bonchev–Trinajstić information content (AvgIpc) is 2.46. The molecular formula is C19H32O2. The fraction of sp³-hybridized carbons (Fsp3) is 0.737. The highest BCUT2D eigenvalue weighted by molar-refractivity contribution is 5.66. The fourth-order valence-corrected chi connectivity index (χ4v) is 2.32. The Labute approximate surface area is 131 Å². The molecule has 120 valence electrons. The van der Waals surface area contributed by atoms with Crippen molar-refractivity contribution in [3.05, 3.63) is 12.2 Å². The molecule has 0 aliphatic carbocycles. The molecule has 0 radical (unpaired) electrons. The van der Waals surface area contributed by atoms with Gasteiger partial charge in [0, 0.05) is 12.8 Å². The first kappa shape index (κ1) is 19.8. The molecule has 0 spiro atoms. The SMILES string of the molecule is C#CCCCCCCC/C=C\CCCCCCCC(=O)O. The highest BCUT2D eigenvalue weighted by Crippen LogP contribution is 2.09. The van der Waals surface area contributed by atoms with Crippen molar-refractivity contribution in [3.8, 4) is 12.3 Å². The Morgan fingerprint density at radius 2 is 1.29 bits per heavy atom. The van der Waals surface area contributed by atoms with E-state index in [1.807, 2.05) is 0 Å². The van der Waals surface area contributed by atoms with E-state index in [2.05, 4.69) is 18.1 Å². The van der Waals surface area contributed by atoms with E-state index in [4.69, 9.17) is 11.5 Å². The Hall–Kier alpha value is -1.23. The summed E-state index contributed by atoms with van der Waals surface area (Å²) in [5.41, 5.74) is 0. The number of carbonyl (C=O) groups is 1. The maximum Gasteiger partial charge on any atom is 0.303 e. The molecule has 0 aromatic heterocycles. The van der Waals surface area contributed by atoms with Crippen molar-refractivity contribution in [2.75, 3.05) is 0 Å². The maximum atomic E-state index is 10.3. The topological polar surface area (TPSA) is 37.3 Å². The van der Waals surface area contributed by atoms with Crippen molar-refractivity contribution < 1.29 is 9.90 Å². The van der Waals surface area contributed by atoms with Crippen LogP contribution >= 0.6 is 0 Å². The van der Waals surface area contributed by atoms with E-state index in [9.17, 15) is 4.79 Å². The van der Waals surface area contributed by atoms with Crippen LogP contribution in [0.4, 0.5) is 0 Å². The van der Waals surface area contributed by atoms with E-state index in [1.165, 1.54) is 64.2 Å². The van der Waals surface area contributed by atoms with Gasteiger partial charge in [-0.2, -0.15) is 0 Å². The molecule has 1 N–H and O–H groups in total. The molecule has 0 unspecified atom stereocenters. The highest BCUT2D eigenvalue weighted by atomic mass is 16.4. The van der Waals surface area contributed by atoms with Crippen molar-refractivity contribution >= 4 is 5.97 Å². The lowest BCUT2D eigenvalue weighted by Crippen LogP contribution is -1.93. The van der Waals surface area contributed by atoms with Crippen molar-refractivity contribution in [2.45, 2.75) is 89.9 Å². The Kier molecular flexibility index (Phi) is 15.8. The zero-order valence-corrected chi connectivity index (χ0v) is 13.5. The van der Waals surface area contributed by atoms with Gasteiger partial charge in [0.05, 0.1) is 0 Å². The van der Waals surface area contributed by atoms with Gasteiger partial charge in [-0.3, -0.25) is 4.79 Å². The molecule has 0 aliphatic rings. The number of aliphatic carboxylic acids is 1. The first-order chi connectivity index (χ1) is 10.3. The fourth-order valence-electron chi connectivity index (χ4n) is 2.32. The Morgan fingerprint density at radius 3 is 1.81 bits per heavy atom. The number of terminal acetylenes is 1. The molecule has 0 aromatic carbocycles. The summed E-state index contributed by atoms with van der Waals surface area (Å²) in [6, 6.07) is 0. The van der Waals surface area contributed by atoms with Crippen LogP contribution in [0, 0.1) is 12.3 Å². The number of allylic oxidation sites excluding steroid dienone is 2. The minimum atomic E-state index is -0.672. The Balaban J connectivity index is 3.09. The molecule has 0 aliphatic heterocycles. The number of rotatable bonds is 15. The number of unbranched alkanes of at least 4 members (excludes halogenated alkanes) is 11. The van der Waals surface area contributed by atoms with Crippen LogP contribution in [0.5, 0.6) is 0 Å². The lowest BCUT2D eigenvalue weighted by molar-refractivity contribution is -0.137. The minimum absolute atomic E-state index is 0.322. The zero-order chi connectivity index (χ0) is 15.6. The van der Waals surface area contributed by atoms with Crippen LogP contribution in [0.1, 0.15) is 89.9 Å². The predicted molar refractivity (Wildman–Crippen MR) is 90.2 cm³/mol. The van der Waals surface area contributed by atoms with E-state index in [-0.39, 0.29) is 0 Å². The van der Waals surface area contributed by atoms with E-state index < -0.39 is 5.97 Å². The molecule has 0 amide bonds. The van der Waals surface area contributed by atoms with Crippen LogP contribution in [-0.2, 0) is 4.79 Å². The average molecular weight is 292 g/mol. The van der Waals surface area contributed by atoms with Crippen molar-refractivity contribution in [3.63, 3.8) is 0 Å². The standard InChI is InChI=1S/C19H32O2/c1-2-3-4-5-6-7-8-9-10-11-12-13-14-15-16-17-18-19(20)21/h1,10-11H,3-9,12-18H2,(H,20,21)/b11-10-. The van der Waals surface area contributed by atoms with Crippen LogP contribution in [0.25, 0.3) is 0 Å². The van der Waals surface area contributed by atoms with Gasteiger partial charge < -0.3 is 5.11 Å². The summed E-state index contributed by atoms with van der Waals surface area (Å²) >= 11 is 0. The molecule has 2 nitrogen and oxygen atoms in total. The van der Waals surface area contributed by atoms with E-state index >= 15 is 0 Å². The largest absolute Gasteiger partial charge is 0.481 e. The van der Waals surface area contributed by atoms with E-state index in [1.54, 1.807) is 0 Å². The summed E-state index contributed by atoms with van der Waals surface area (Å²) in [6.07, 6.45) is 25.3. The molecular weight excluding hydrogens is 260 g/mol. The van der Waals surface area contributed by atoms with Crippen LogP contribution in [0.3, 0.4) is 0 Å². The van der Waals surface area contributed by atoms with Gasteiger partial charge in [0.25, 0.3) is 0 Å². The van der Waals surface area contributed by atoms with Crippen molar-refractivity contribution in [1.82, 2.24) is 0 Å². The summed E-state index contributed by atoms with van der Waals surface area (Å²) in [5.74, 6) is 2.01. The van der Waals surface area contributed by atoms with Gasteiger partial charge in [-0.05, 0) is 38.5 Å². The molecule has 21 heavy (non-hydrogen) atoms. The second-order valence-corrected chi connectivity index (χ2v) is 5.68. The monoisotopic (exact) mass is 292 g/mol. The van der Waals surface area contributed by atoms with Gasteiger partial charge in [-0.25, -0.2) is 0 Å². The van der Waals surface area contributed by atoms with Gasteiger partial charge in [0.2, 0.25) is 0 Å². The molecule has 0 saturated heterocycles. The molecule has 0 bridgehead atoms. The predicted octanol–water partition coefficient (Wildman–Crippen LogP) is 5.72. The number of hydrogen-bond donors (Lipinski definition) is 1. The first-order valence-corrected chi connectivity index (χ1v) is 8.57. The summed E-state index contributed by atoms with van der Waals surface area (Å²) < 4.78 is 0. The Bertz CT molecular complexity index is 299. The quantitative estimate of drug-likeness (QED) is 0.238. The van der Waals surface area contributed by atoms with Crippen molar-refractivity contribution in [1.29, 1.82) is 0 Å². The second-order valence-electron chi connectivity index (χ2n) is 5.68. The van der Waals surface area contributed by atoms with E-state index in [0.717, 1.165) is 19.3 Å². The zero-order valence-electron chi connectivity index (χ0n) is 13.5. The number of carboxylic acid groups (broad SMARTS) is 1. The molecule has 0 atom stereocenters. The summed E-state index contributed by atoms with van der Waals surface area (Å²) in [6.45, 7) is 0. The van der Waals surface area contributed by atoms with Crippen LogP contribution in [0.15, 0.2) is 12.2 Å². The van der Waals surface area contributed by atoms with Gasteiger partial charge in [-0.15, -0.1) is 12.3 Å². The minimum Gasteiger partial charge on any atom is -0.481 e.